The van der Waals surface area contributed by atoms with Crippen LogP contribution >= 0.6 is 12.6 Å². The molecule has 3 atom stereocenters. The van der Waals surface area contributed by atoms with Crippen molar-refractivity contribution in [3.05, 3.63) is 0 Å². The van der Waals surface area contributed by atoms with Gasteiger partial charge in [-0.05, 0) is 32.2 Å². The van der Waals surface area contributed by atoms with E-state index in [2.05, 4.69) is 28.6 Å². The number of carboxylic acid groups (broad SMARTS) is 2. The van der Waals surface area contributed by atoms with Crippen molar-refractivity contribution in [2.75, 3.05) is 18.8 Å². The molecule has 0 aromatic carbocycles. The highest BCUT2D eigenvalue weighted by atomic mass is 32.1. The first-order valence-corrected chi connectivity index (χ1v) is 9.64. The summed E-state index contributed by atoms with van der Waals surface area (Å²) in [5, 5.41) is 24.6. The minimum atomic E-state index is -1.26. The predicted molar refractivity (Wildman–Crippen MR) is 106 cm³/mol. The Morgan fingerprint density at radius 2 is 1.59 bits per heavy atom. The van der Waals surface area contributed by atoms with Crippen molar-refractivity contribution in [3.8, 4) is 0 Å². The molecule has 9 N–H and O–H groups in total. The summed E-state index contributed by atoms with van der Waals surface area (Å²) in [6.45, 7) is -0.0871. The molecule has 0 saturated heterocycles. The highest BCUT2D eigenvalue weighted by molar-refractivity contribution is 7.80. The summed E-state index contributed by atoms with van der Waals surface area (Å²) in [5.74, 6) is -4.57. The number of rotatable bonds is 15. The molecule has 3 unspecified atom stereocenters. The first-order chi connectivity index (χ1) is 13.6. The molecular formula is C16H29N5O7S. The van der Waals surface area contributed by atoms with Crippen molar-refractivity contribution >= 4 is 42.3 Å². The second-order valence-electron chi connectivity index (χ2n) is 6.24. The zero-order valence-electron chi connectivity index (χ0n) is 15.9. The second-order valence-corrected chi connectivity index (χ2v) is 6.61. The highest BCUT2D eigenvalue weighted by Crippen LogP contribution is 2.02. The summed E-state index contributed by atoms with van der Waals surface area (Å²) in [6.07, 6.45) is 0.955. The number of nitrogens with two attached hydrogens (primary N) is 2. The molecule has 0 saturated carbocycles. The Morgan fingerprint density at radius 1 is 0.931 bits per heavy atom. The van der Waals surface area contributed by atoms with E-state index in [0.29, 0.717) is 19.4 Å². The van der Waals surface area contributed by atoms with Gasteiger partial charge in [0.1, 0.15) is 12.1 Å². The van der Waals surface area contributed by atoms with E-state index in [1.165, 1.54) is 0 Å². The van der Waals surface area contributed by atoms with E-state index >= 15 is 0 Å². The van der Waals surface area contributed by atoms with Crippen LogP contribution in [0.4, 0.5) is 0 Å². The summed E-state index contributed by atoms with van der Waals surface area (Å²) in [5.41, 5.74) is 10.9. The largest absolute Gasteiger partial charge is 0.481 e. The third kappa shape index (κ3) is 11.9. The molecule has 29 heavy (non-hydrogen) atoms. The van der Waals surface area contributed by atoms with Gasteiger partial charge in [0.2, 0.25) is 17.7 Å². The Hall–Kier alpha value is -2.38. The van der Waals surface area contributed by atoms with E-state index in [1.807, 2.05) is 0 Å². The molecule has 0 aliphatic rings. The van der Waals surface area contributed by atoms with Crippen LogP contribution < -0.4 is 27.4 Å². The van der Waals surface area contributed by atoms with Gasteiger partial charge in [0.25, 0.3) is 0 Å². The molecule has 3 amide bonds. The summed E-state index contributed by atoms with van der Waals surface area (Å²) in [7, 11) is 0. The minimum Gasteiger partial charge on any atom is -0.481 e. The fraction of sp³-hybridized carbons (Fsp3) is 0.688. The van der Waals surface area contributed by atoms with Crippen molar-refractivity contribution in [3.63, 3.8) is 0 Å². The van der Waals surface area contributed by atoms with Crippen LogP contribution in [0.1, 0.15) is 32.1 Å². The van der Waals surface area contributed by atoms with Crippen LogP contribution in [-0.4, -0.2) is 76.8 Å². The lowest BCUT2D eigenvalue weighted by molar-refractivity contribution is -0.141. The standard InChI is InChI=1S/C16H29N5O7S/c17-6-2-1-3-10(15(26)21-11(8-29)16(27)28)20-12(22)7-19-14(25)9(18)4-5-13(23)24/h9-11,29H,1-8,17-18H2,(H,19,25)(H,20,22)(H,21,26)(H,23,24)(H,27,28). The number of hydrogen-bond donors (Lipinski definition) is 8. The van der Waals surface area contributed by atoms with Gasteiger partial charge in [0, 0.05) is 12.2 Å². The quantitative estimate of drug-likeness (QED) is 0.0998. The van der Waals surface area contributed by atoms with Crippen LogP contribution in [-0.2, 0) is 24.0 Å². The van der Waals surface area contributed by atoms with E-state index in [-0.39, 0.29) is 25.0 Å². The Bertz CT molecular complexity index is 590. The van der Waals surface area contributed by atoms with Gasteiger partial charge in [-0.15, -0.1) is 0 Å². The minimum absolute atomic E-state index is 0.0901. The van der Waals surface area contributed by atoms with Crippen LogP contribution in [0.25, 0.3) is 0 Å². The Balaban J connectivity index is 4.73. The lowest BCUT2D eigenvalue weighted by Gasteiger charge is -2.21. The van der Waals surface area contributed by atoms with Crippen molar-refractivity contribution in [2.24, 2.45) is 11.5 Å². The van der Waals surface area contributed by atoms with E-state index in [1.54, 1.807) is 0 Å². The maximum absolute atomic E-state index is 12.3. The highest BCUT2D eigenvalue weighted by Gasteiger charge is 2.26. The monoisotopic (exact) mass is 435 g/mol. The topological polar surface area (TPSA) is 214 Å². The molecule has 12 nitrogen and oxygen atoms in total. The third-order valence-corrected chi connectivity index (χ3v) is 4.19. The van der Waals surface area contributed by atoms with Gasteiger partial charge in [-0.2, -0.15) is 12.6 Å². The number of aliphatic carboxylic acids is 2. The molecule has 0 aliphatic heterocycles. The zero-order chi connectivity index (χ0) is 22.4. The van der Waals surface area contributed by atoms with Crippen LogP contribution in [0, 0.1) is 0 Å². The molecule has 0 fully saturated rings. The number of nitrogens with one attached hydrogen (secondary N) is 3. The van der Waals surface area contributed by atoms with Gasteiger partial charge in [-0.1, -0.05) is 0 Å². The Kier molecular flexibility index (Phi) is 13.4. The molecular weight excluding hydrogens is 406 g/mol. The summed E-state index contributed by atoms with van der Waals surface area (Å²) < 4.78 is 0. The Morgan fingerprint density at radius 3 is 2.10 bits per heavy atom. The molecule has 0 aliphatic carbocycles. The molecule has 0 rings (SSSR count). The van der Waals surface area contributed by atoms with Crippen molar-refractivity contribution in [1.82, 2.24) is 16.0 Å². The van der Waals surface area contributed by atoms with Crippen LogP contribution in [0.5, 0.6) is 0 Å². The van der Waals surface area contributed by atoms with Gasteiger partial charge in [0.05, 0.1) is 12.6 Å². The summed E-state index contributed by atoms with van der Waals surface area (Å²) >= 11 is 3.86. The number of unbranched alkanes of at least 4 members (excludes halogenated alkanes) is 1. The number of thiol groups is 1. The fourth-order valence-electron chi connectivity index (χ4n) is 2.17. The average molecular weight is 436 g/mol. The van der Waals surface area contributed by atoms with Gasteiger partial charge in [-0.3, -0.25) is 19.2 Å². The van der Waals surface area contributed by atoms with E-state index in [0.717, 1.165) is 0 Å². The average Bonchev–Trinajstić information content (AvgIpc) is 2.66. The van der Waals surface area contributed by atoms with Crippen LogP contribution in [0.3, 0.4) is 0 Å². The summed E-state index contributed by atoms with van der Waals surface area (Å²) in [6, 6.07) is -3.32. The first-order valence-electron chi connectivity index (χ1n) is 9.00. The maximum Gasteiger partial charge on any atom is 0.327 e. The fourth-order valence-corrected chi connectivity index (χ4v) is 2.42. The van der Waals surface area contributed by atoms with E-state index in [9.17, 15) is 24.0 Å². The van der Waals surface area contributed by atoms with Crippen LogP contribution in [0.15, 0.2) is 0 Å². The molecule has 0 radical (unpaired) electrons. The first kappa shape index (κ1) is 26.6. The predicted octanol–water partition coefficient (Wildman–Crippen LogP) is -2.59. The summed E-state index contributed by atoms with van der Waals surface area (Å²) in [4.78, 5) is 57.7. The number of hydrogen-bond acceptors (Lipinski definition) is 8. The number of carboxylic acids is 2. The lowest BCUT2D eigenvalue weighted by Crippen LogP contribution is -2.54. The van der Waals surface area contributed by atoms with Gasteiger partial charge in [0.15, 0.2) is 0 Å². The number of carbonyl (C=O) groups excluding carboxylic acids is 3. The van der Waals surface area contributed by atoms with Crippen molar-refractivity contribution < 1.29 is 34.2 Å². The molecule has 0 aromatic rings. The van der Waals surface area contributed by atoms with Gasteiger partial charge >= 0.3 is 11.9 Å². The van der Waals surface area contributed by atoms with E-state index < -0.39 is 54.3 Å². The van der Waals surface area contributed by atoms with Crippen molar-refractivity contribution in [2.45, 2.75) is 50.2 Å². The van der Waals surface area contributed by atoms with Crippen molar-refractivity contribution in [1.29, 1.82) is 0 Å². The molecule has 0 heterocycles. The zero-order valence-corrected chi connectivity index (χ0v) is 16.8. The number of carbonyl (C=O) groups is 5. The maximum atomic E-state index is 12.3. The SMILES string of the molecule is NCCCCC(NC(=O)CNC(=O)C(N)CCC(=O)O)C(=O)NC(CS)C(=O)O. The molecule has 166 valence electrons. The number of amides is 3. The smallest absolute Gasteiger partial charge is 0.327 e. The molecule has 0 bridgehead atoms. The molecule has 13 heteroatoms. The van der Waals surface area contributed by atoms with Gasteiger partial charge < -0.3 is 37.6 Å². The molecule has 0 aromatic heterocycles. The normalized spacial score (nSPS) is 13.6. The lowest BCUT2D eigenvalue weighted by atomic mass is 10.1. The second kappa shape index (κ2) is 14.6. The van der Waals surface area contributed by atoms with Crippen LogP contribution in [0.2, 0.25) is 0 Å². The third-order valence-electron chi connectivity index (χ3n) is 3.82. The van der Waals surface area contributed by atoms with Gasteiger partial charge in [-0.25, -0.2) is 4.79 Å². The Labute approximate surface area is 173 Å². The molecule has 0 spiro atoms. The van der Waals surface area contributed by atoms with E-state index in [4.69, 9.17) is 21.7 Å².